The number of aliphatic hydroxyl groups excluding tert-OH is 2. The molecule has 4 unspecified atom stereocenters. The number of allylic oxidation sites excluding steroid dienone is 2. The molecule has 3 nitrogen and oxygen atoms in total. The van der Waals surface area contributed by atoms with Crippen LogP contribution in [0.1, 0.15) is 43.7 Å². The second kappa shape index (κ2) is 9.50. The lowest BCUT2D eigenvalue weighted by Gasteiger charge is -2.19. The molecular formula is C23H33NO2. The molecule has 0 saturated carbocycles. The maximum absolute atomic E-state index is 10.6. The Bertz CT molecular complexity index is 599. The van der Waals surface area contributed by atoms with Crippen LogP contribution in [0.15, 0.2) is 48.6 Å². The van der Waals surface area contributed by atoms with E-state index in [9.17, 15) is 10.2 Å². The van der Waals surface area contributed by atoms with E-state index in [1.54, 1.807) is 0 Å². The fourth-order valence-corrected chi connectivity index (χ4v) is 4.23. The first kappa shape index (κ1) is 19.3. The van der Waals surface area contributed by atoms with Crippen molar-refractivity contribution < 1.29 is 10.2 Å². The lowest BCUT2D eigenvalue weighted by atomic mass is 9.92. The molecule has 1 aromatic carbocycles. The predicted octanol–water partition coefficient (Wildman–Crippen LogP) is 3.40. The Morgan fingerprint density at radius 1 is 1.19 bits per heavy atom. The summed E-state index contributed by atoms with van der Waals surface area (Å²) in [7, 11) is 0. The molecule has 0 radical (unpaired) electrons. The third kappa shape index (κ3) is 4.85. The zero-order valence-electron chi connectivity index (χ0n) is 15.8. The highest BCUT2D eigenvalue weighted by Crippen LogP contribution is 2.29. The number of unbranched alkanes of at least 4 members (excludes halogenated alkanes) is 2. The molecule has 1 aliphatic carbocycles. The van der Waals surface area contributed by atoms with Gasteiger partial charge in [0.2, 0.25) is 0 Å². The first-order valence-corrected chi connectivity index (χ1v) is 10.2. The minimum atomic E-state index is -0.428. The van der Waals surface area contributed by atoms with Gasteiger partial charge in [0.25, 0.3) is 0 Å². The fourth-order valence-electron chi connectivity index (χ4n) is 4.23. The molecule has 1 heterocycles. The van der Waals surface area contributed by atoms with Gasteiger partial charge < -0.3 is 15.5 Å². The van der Waals surface area contributed by atoms with Crippen molar-refractivity contribution in [2.45, 2.75) is 63.7 Å². The van der Waals surface area contributed by atoms with Crippen molar-refractivity contribution >= 4 is 0 Å². The molecule has 0 aromatic heterocycles. The summed E-state index contributed by atoms with van der Waals surface area (Å²) in [5, 5.41) is 24.3. The van der Waals surface area contributed by atoms with Gasteiger partial charge in [-0.25, -0.2) is 0 Å². The van der Waals surface area contributed by atoms with Crippen molar-refractivity contribution in [3.63, 3.8) is 0 Å². The topological polar surface area (TPSA) is 52.5 Å². The number of hydrogen-bond donors (Lipinski definition) is 3. The molecule has 1 aliphatic heterocycles. The van der Waals surface area contributed by atoms with E-state index in [4.69, 9.17) is 0 Å². The van der Waals surface area contributed by atoms with E-state index in [0.717, 1.165) is 25.7 Å². The van der Waals surface area contributed by atoms with Crippen LogP contribution in [-0.4, -0.2) is 35.0 Å². The quantitative estimate of drug-likeness (QED) is 0.495. The first-order chi connectivity index (χ1) is 12.7. The first-order valence-electron chi connectivity index (χ1n) is 10.2. The van der Waals surface area contributed by atoms with Crippen LogP contribution in [0, 0.1) is 11.8 Å². The van der Waals surface area contributed by atoms with Crippen LogP contribution in [0.2, 0.25) is 0 Å². The van der Waals surface area contributed by atoms with Crippen molar-refractivity contribution in [2.24, 2.45) is 11.8 Å². The molecule has 142 valence electrons. The largest absolute Gasteiger partial charge is 0.391 e. The molecule has 4 atom stereocenters. The molecule has 3 heteroatoms. The zero-order chi connectivity index (χ0) is 18.4. The standard InChI is InChI=1S/C23H33NO2/c1-2-3-4-5-6-11-20-21(24-16-23(20)26)12-13-22(25)19-14-17-9-7-8-10-18(17)15-19/h5-10,12-13,19-26H,2-4,11,14-16H2,1H3/b6-5+,13-12+. The van der Waals surface area contributed by atoms with Gasteiger partial charge in [-0.05, 0) is 42.7 Å². The van der Waals surface area contributed by atoms with E-state index in [1.165, 1.54) is 24.0 Å². The SMILES string of the molecule is CCCC/C=C/CC1C(O)CNC1/C=C/C(O)C1Cc2ccccc2C1. The summed E-state index contributed by atoms with van der Waals surface area (Å²) in [6.45, 7) is 2.83. The molecule has 1 saturated heterocycles. The fraction of sp³-hybridized carbons (Fsp3) is 0.565. The Hall–Kier alpha value is -1.42. The molecule has 1 fully saturated rings. The van der Waals surface area contributed by atoms with E-state index in [0.29, 0.717) is 6.54 Å². The number of aliphatic hydroxyl groups is 2. The summed E-state index contributed by atoms with van der Waals surface area (Å²) < 4.78 is 0. The third-order valence-electron chi connectivity index (χ3n) is 5.90. The van der Waals surface area contributed by atoms with Gasteiger partial charge in [0.1, 0.15) is 0 Å². The van der Waals surface area contributed by atoms with E-state index in [2.05, 4.69) is 54.7 Å². The highest BCUT2D eigenvalue weighted by Gasteiger charge is 2.32. The van der Waals surface area contributed by atoms with Crippen molar-refractivity contribution in [3.05, 3.63) is 59.7 Å². The second-order valence-electron chi connectivity index (χ2n) is 7.83. The lowest BCUT2D eigenvalue weighted by molar-refractivity contribution is 0.142. The van der Waals surface area contributed by atoms with Gasteiger partial charge in [-0.15, -0.1) is 0 Å². The molecule has 0 bridgehead atoms. The van der Waals surface area contributed by atoms with Crippen LogP contribution in [0.25, 0.3) is 0 Å². The van der Waals surface area contributed by atoms with E-state index in [-0.39, 0.29) is 24.0 Å². The molecule has 0 spiro atoms. The minimum absolute atomic E-state index is 0.138. The minimum Gasteiger partial charge on any atom is -0.391 e. The Kier molecular flexibility index (Phi) is 7.07. The smallest absolute Gasteiger partial charge is 0.0756 e. The molecule has 3 rings (SSSR count). The van der Waals surface area contributed by atoms with Crippen LogP contribution in [-0.2, 0) is 12.8 Å². The predicted molar refractivity (Wildman–Crippen MR) is 107 cm³/mol. The molecule has 2 aliphatic rings. The maximum Gasteiger partial charge on any atom is 0.0756 e. The summed E-state index contributed by atoms with van der Waals surface area (Å²) >= 11 is 0. The average molecular weight is 356 g/mol. The summed E-state index contributed by atoms with van der Waals surface area (Å²) in [6.07, 6.45) is 14.1. The highest BCUT2D eigenvalue weighted by molar-refractivity contribution is 5.33. The number of fused-ring (bicyclic) bond motifs is 1. The van der Waals surface area contributed by atoms with Crippen LogP contribution in [0.4, 0.5) is 0 Å². The monoisotopic (exact) mass is 355 g/mol. The summed E-state index contributed by atoms with van der Waals surface area (Å²) in [4.78, 5) is 0. The number of rotatable bonds is 8. The van der Waals surface area contributed by atoms with Gasteiger partial charge in [-0.3, -0.25) is 0 Å². The zero-order valence-corrected chi connectivity index (χ0v) is 15.8. The van der Waals surface area contributed by atoms with Gasteiger partial charge in [-0.2, -0.15) is 0 Å². The number of nitrogens with one attached hydrogen (secondary N) is 1. The van der Waals surface area contributed by atoms with Crippen LogP contribution in [0.3, 0.4) is 0 Å². The Labute approximate surface area is 157 Å². The van der Waals surface area contributed by atoms with E-state index < -0.39 is 6.10 Å². The van der Waals surface area contributed by atoms with E-state index >= 15 is 0 Å². The van der Waals surface area contributed by atoms with Gasteiger partial charge in [0, 0.05) is 18.5 Å². The molecule has 0 amide bonds. The number of β-amino-alcohol motifs (C(OH)–C–C–N with tert-alkyl or cyclic N) is 1. The van der Waals surface area contributed by atoms with Crippen molar-refractivity contribution in [3.8, 4) is 0 Å². The maximum atomic E-state index is 10.6. The summed E-state index contributed by atoms with van der Waals surface area (Å²) in [6, 6.07) is 8.63. The van der Waals surface area contributed by atoms with Gasteiger partial charge in [0.05, 0.1) is 12.2 Å². The van der Waals surface area contributed by atoms with Gasteiger partial charge in [0.15, 0.2) is 0 Å². The van der Waals surface area contributed by atoms with E-state index in [1.807, 2.05) is 6.08 Å². The summed E-state index contributed by atoms with van der Waals surface area (Å²) in [5.41, 5.74) is 2.74. The van der Waals surface area contributed by atoms with Crippen LogP contribution >= 0.6 is 0 Å². The van der Waals surface area contributed by atoms with Crippen LogP contribution < -0.4 is 5.32 Å². The average Bonchev–Trinajstić information content (AvgIpc) is 3.23. The van der Waals surface area contributed by atoms with Crippen LogP contribution in [0.5, 0.6) is 0 Å². The third-order valence-corrected chi connectivity index (χ3v) is 5.90. The normalized spacial score (nSPS) is 27.6. The molecule has 26 heavy (non-hydrogen) atoms. The molecule has 3 N–H and O–H groups in total. The van der Waals surface area contributed by atoms with Gasteiger partial charge >= 0.3 is 0 Å². The Balaban J connectivity index is 1.52. The molecule has 1 aromatic rings. The molecular weight excluding hydrogens is 322 g/mol. The number of hydrogen-bond acceptors (Lipinski definition) is 3. The second-order valence-corrected chi connectivity index (χ2v) is 7.83. The highest BCUT2D eigenvalue weighted by atomic mass is 16.3. The van der Waals surface area contributed by atoms with Crippen molar-refractivity contribution in [1.29, 1.82) is 0 Å². The van der Waals surface area contributed by atoms with Crippen molar-refractivity contribution in [2.75, 3.05) is 6.54 Å². The Morgan fingerprint density at radius 2 is 1.92 bits per heavy atom. The number of benzene rings is 1. The van der Waals surface area contributed by atoms with Crippen molar-refractivity contribution in [1.82, 2.24) is 5.32 Å². The summed E-state index contributed by atoms with van der Waals surface area (Å²) in [5.74, 6) is 0.458. The van der Waals surface area contributed by atoms with Gasteiger partial charge in [-0.1, -0.05) is 68.3 Å². The Morgan fingerprint density at radius 3 is 2.62 bits per heavy atom. The lowest BCUT2D eigenvalue weighted by Crippen LogP contribution is -2.27.